The van der Waals surface area contributed by atoms with E-state index in [1.165, 1.54) is 24.9 Å². The van der Waals surface area contributed by atoms with Crippen molar-refractivity contribution < 1.29 is 14.3 Å². The average molecular weight is 426 g/mol. The number of rotatable bonds is 10. The van der Waals surface area contributed by atoms with Crippen LogP contribution in [0.2, 0.25) is 0 Å². The number of benzene rings is 1. The zero-order valence-electron chi connectivity index (χ0n) is 18.1. The van der Waals surface area contributed by atoms with Gasteiger partial charge in [-0.1, -0.05) is 13.8 Å². The second-order valence-electron chi connectivity index (χ2n) is 8.34. The number of nitrogens with one attached hydrogen (secondary N) is 3. The van der Waals surface area contributed by atoms with E-state index in [1.54, 1.807) is 6.07 Å². The fourth-order valence-corrected chi connectivity index (χ4v) is 3.39. The Morgan fingerprint density at radius 1 is 1.23 bits per heavy atom. The molecule has 1 saturated heterocycles. The van der Waals surface area contributed by atoms with Crippen molar-refractivity contribution in [3.63, 3.8) is 0 Å². The number of carbonyl (C=O) groups excluding carboxylic acids is 2. The lowest BCUT2D eigenvalue weighted by molar-refractivity contribution is 0.1000. The topological polar surface area (TPSA) is 118 Å². The van der Waals surface area contributed by atoms with E-state index < -0.39 is 5.91 Å². The number of anilines is 1. The Balaban J connectivity index is 1.71. The van der Waals surface area contributed by atoms with Crippen LogP contribution in [0.1, 0.15) is 46.5 Å². The lowest BCUT2D eigenvalue weighted by Gasteiger charge is -2.15. The maximum atomic E-state index is 12.7. The third kappa shape index (κ3) is 7.04. The highest BCUT2D eigenvalue weighted by Gasteiger charge is 2.14. The van der Waals surface area contributed by atoms with Gasteiger partial charge in [0.1, 0.15) is 5.75 Å². The Hall–Kier alpha value is -2.97. The van der Waals surface area contributed by atoms with E-state index >= 15 is 0 Å². The van der Waals surface area contributed by atoms with E-state index in [0.717, 1.165) is 25.2 Å². The van der Waals surface area contributed by atoms with Crippen LogP contribution in [0.15, 0.2) is 36.7 Å². The van der Waals surface area contributed by atoms with Gasteiger partial charge in [-0.15, -0.1) is 0 Å². The third-order valence-electron chi connectivity index (χ3n) is 5.02. The van der Waals surface area contributed by atoms with Gasteiger partial charge in [-0.25, -0.2) is 0 Å². The summed E-state index contributed by atoms with van der Waals surface area (Å²) in [6.45, 7) is 8.50. The van der Waals surface area contributed by atoms with Gasteiger partial charge in [0.25, 0.3) is 5.91 Å². The summed E-state index contributed by atoms with van der Waals surface area (Å²) in [5.74, 6) is 0.737. The smallest absolute Gasteiger partial charge is 0.257 e. The van der Waals surface area contributed by atoms with Crippen molar-refractivity contribution >= 4 is 17.5 Å². The minimum atomic E-state index is -0.628. The SMILES string of the molecule is CC(C)COc1cc(CNCC2CCNC2)cc(NC(=O)c2cncc(C(N)=O)c2)c1. The summed E-state index contributed by atoms with van der Waals surface area (Å²) >= 11 is 0. The highest BCUT2D eigenvalue weighted by molar-refractivity contribution is 6.05. The zero-order valence-corrected chi connectivity index (χ0v) is 18.1. The van der Waals surface area contributed by atoms with Crippen LogP contribution in [0.25, 0.3) is 0 Å². The minimum Gasteiger partial charge on any atom is -0.493 e. The van der Waals surface area contributed by atoms with Crippen LogP contribution < -0.4 is 26.4 Å². The maximum Gasteiger partial charge on any atom is 0.257 e. The second-order valence-corrected chi connectivity index (χ2v) is 8.34. The molecule has 1 unspecified atom stereocenters. The summed E-state index contributed by atoms with van der Waals surface area (Å²) in [5, 5.41) is 9.75. The molecule has 0 aliphatic carbocycles. The number of hydrogen-bond donors (Lipinski definition) is 4. The molecule has 2 aromatic rings. The van der Waals surface area contributed by atoms with Gasteiger partial charge >= 0.3 is 0 Å². The highest BCUT2D eigenvalue weighted by atomic mass is 16.5. The fourth-order valence-electron chi connectivity index (χ4n) is 3.39. The van der Waals surface area contributed by atoms with Crippen LogP contribution in [0.3, 0.4) is 0 Å². The predicted molar refractivity (Wildman–Crippen MR) is 120 cm³/mol. The molecule has 5 N–H and O–H groups in total. The lowest BCUT2D eigenvalue weighted by Crippen LogP contribution is -2.24. The van der Waals surface area contributed by atoms with E-state index in [2.05, 4.69) is 34.8 Å². The molecule has 0 spiro atoms. The Morgan fingerprint density at radius 3 is 2.74 bits per heavy atom. The van der Waals surface area contributed by atoms with Gasteiger partial charge in [-0.05, 0) is 61.7 Å². The number of primary amides is 1. The molecule has 3 rings (SSSR count). The van der Waals surface area contributed by atoms with Gasteiger partial charge < -0.3 is 26.4 Å². The molecule has 0 saturated carbocycles. The monoisotopic (exact) mass is 425 g/mol. The zero-order chi connectivity index (χ0) is 22.2. The summed E-state index contributed by atoms with van der Waals surface area (Å²) in [5.41, 5.74) is 7.38. The van der Waals surface area contributed by atoms with Gasteiger partial charge in [0.05, 0.1) is 17.7 Å². The number of hydrogen-bond acceptors (Lipinski definition) is 6. The second kappa shape index (κ2) is 10.9. The van der Waals surface area contributed by atoms with Crippen molar-refractivity contribution in [2.24, 2.45) is 17.6 Å². The van der Waals surface area contributed by atoms with Crippen LogP contribution in [-0.2, 0) is 6.54 Å². The number of nitrogens with zero attached hydrogens (tertiary/aromatic N) is 1. The summed E-state index contributed by atoms with van der Waals surface area (Å²) < 4.78 is 5.90. The highest BCUT2D eigenvalue weighted by Crippen LogP contribution is 2.23. The van der Waals surface area contributed by atoms with Crippen molar-refractivity contribution in [2.75, 3.05) is 31.6 Å². The number of ether oxygens (including phenoxy) is 1. The average Bonchev–Trinajstić information content (AvgIpc) is 3.26. The Morgan fingerprint density at radius 2 is 2.03 bits per heavy atom. The van der Waals surface area contributed by atoms with Crippen molar-refractivity contribution in [2.45, 2.75) is 26.8 Å². The number of carbonyl (C=O) groups is 2. The van der Waals surface area contributed by atoms with Crippen LogP contribution in [0, 0.1) is 11.8 Å². The molecule has 8 heteroatoms. The summed E-state index contributed by atoms with van der Waals surface area (Å²) in [4.78, 5) is 28.0. The first kappa shape index (κ1) is 22.7. The third-order valence-corrected chi connectivity index (χ3v) is 5.02. The van der Waals surface area contributed by atoms with Gasteiger partial charge in [-0.2, -0.15) is 0 Å². The normalized spacial score (nSPS) is 15.8. The molecule has 2 amide bonds. The quantitative estimate of drug-likeness (QED) is 0.463. The van der Waals surface area contributed by atoms with Crippen LogP contribution >= 0.6 is 0 Å². The van der Waals surface area contributed by atoms with E-state index in [4.69, 9.17) is 10.5 Å². The van der Waals surface area contributed by atoms with E-state index in [0.29, 0.717) is 36.4 Å². The van der Waals surface area contributed by atoms with E-state index in [1.807, 2.05) is 12.1 Å². The van der Waals surface area contributed by atoms with Crippen molar-refractivity contribution in [1.29, 1.82) is 0 Å². The predicted octanol–water partition coefficient (Wildman–Crippen LogP) is 2.17. The molecule has 1 aromatic heterocycles. The Kier molecular flexibility index (Phi) is 7.97. The lowest BCUT2D eigenvalue weighted by atomic mass is 10.1. The molecular weight excluding hydrogens is 394 g/mol. The summed E-state index contributed by atoms with van der Waals surface area (Å²) in [7, 11) is 0. The molecule has 0 bridgehead atoms. The van der Waals surface area contributed by atoms with Gasteiger partial charge in [-0.3, -0.25) is 14.6 Å². The number of amides is 2. The van der Waals surface area contributed by atoms with E-state index in [-0.39, 0.29) is 17.0 Å². The molecule has 1 fully saturated rings. The first-order valence-corrected chi connectivity index (χ1v) is 10.6. The minimum absolute atomic E-state index is 0.188. The van der Waals surface area contributed by atoms with Crippen molar-refractivity contribution in [3.8, 4) is 5.75 Å². The molecule has 1 atom stereocenters. The summed E-state index contributed by atoms with van der Waals surface area (Å²) in [6.07, 6.45) is 3.92. The first-order chi connectivity index (χ1) is 14.9. The van der Waals surface area contributed by atoms with Crippen molar-refractivity contribution in [1.82, 2.24) is 15.6 Å². The maximum absolute atomic E-state index is 12.7. The molecule has 166 valence electrons. The number of pyridine rings is 1. The Labute approximate surface area is 183 Å². The van der Waals surface area contributed by atoms with Crippen LogP contribution in [-0.4, -0.2) is 43.0 Å². The van der Waals surface area contributed by atoms with Gasteiger partial charge in [0.15, 0.2) is 0 Å². The molecule has 31 heavy (non-hydrogen) atoms. The van der Waals surface area contributed by atoms with Crippen LogP contribution in [0.5, 0.6) is 5.75 Å². The first-order valence-electron chi connectivity index (χ1n) is 10.6. The largest absolute Gasteiger partial charge is 0.493 e. The fraction of sp³-hybridized carbons (Fsp3) is 0.435. The standard InChI is InChI=1S/C23H31N5O3/c1-15(2)14-31-21-6-17(11-26-10-16-3-4-25-9-16)5-20(8-21)28-23(30)19-7-18(22(24)29)12-27-13-19/h5-8,12-13,15-16,25-26H,3-4,9-11,14H2,1-2H3,(H2,24,29)(H,28,30). The van der Waals surface area contributed by atoms with E-state index in [9.17, 15) is 9.59 Å². The molecule has 1 aliphatic rings. The van der Waals surface area contributed by atoms with Crippen molar-refractivity contribution in [3.05, 3.63) is 53.3 Å². The van der Waals surface area contributed by atoms with Gasteiger partial charge in [0.2, 0.25) is 5.91 Å². The molecule has 2 heterocycles. The molecule has 0 radical (unpaired) electrons. The molecule has 8 nitrogen and oxygen atoms in total. The molecule has 1 aromatic carbocycles. The van der Waals surface area contributed by atoms with Gasteiger partial charge in [0, 0.05) is 30.7 Å². The Bertz CT molecular complexity index is 910. The number of aromatic nitrogens is 1. The number of nitrogens with two attached hydrogens (primary N) is 1. The molecular formula is C23H31N5O3. The summed E-state index contributed by atoms with van der Waals surface area (Å²) in [6, 6.07) is 7.15. The van der Waals surface area contributed by atoms with Crippen LogP contribution in [0.4, 0.5) is 5.69 Å². The molecule has 1 aliphatic heterocycles.